The molecule has 2 aromatic carbocycles. The number of methoxy groups -OCH3 is 2. The molecule has 0 atom stereocenters. The van der Waals surface area contributed by atoms with E-state index in [1.807, 2.05) is 24.3 Å². The molecule has 2 N–H and O–H groups in total. The monoisotopic (exact) mass is 434 g/mol. The average Bonchev–Trinajstić information content (AvgIpc) is 3.10. The SMILES string of the molecule is CCCCCOC(=O)c1c(N)n(-c2cc(OC)cc(OC)c2)c2nc3ccccc3nc12. The summed E-state index contributed by atoms with van der Waals surface area (Å²) in [5.41, 5.74) is 9.57. The normalized spacial score (nSPS) is 11.1. The van der Waals surface area contributed by atoms with Crippen LogP contribution < -0.4 is 15.2 Å². The second kappa shape index (κ2) is 9.13. The second-order valence-corrected chi connectivity index (χ2v) is 7.39. The van der Waals surface area contributed by atoms with Crippen molar-refractivity contribution in [3.8, 4) is 17.2 Å². The number of benzene rings is 2. The number of nitrogens with zero attached hydrogens (tertiary/aromatic N) is 3. The van der Waals surface area contributed by atoms with E-state index in [9.17, 15) is 4.79 Å². The maximum atomic E-state index is 13.0. The smallest absolute Gasteiger partial charge is 0.344 e. The zero-order valence-corrected chi connectivity index (χ0v) is 18.4. The number of aromatic nitrogens is 3. The maximum absolute atomic E-state index is 13.0. The van der Waals surface area contributed by atoms with Gasteiger partial charge in [-0.25, -0.2) is 14.8 Å². The van der Waals surface area contributed by atoms with Gasteiger partial charge in [-0.05, 0) is 18.6 Å². The van der Waals surface area contributed by atoms with Gasteiger partial charge < -0.3 is 19.9 Å². The summed E-state index contributed by atoms with van der Waals surface area (Å²) in [6.07, 6.45) is 2.81. The lowest BCUT2D eigenvalue weighted by Gasteiger charge is -2.12. The van der Waals surface area contributed by atoms with Gasteiger partial charge in [0.2, 0.25) is 0 Å². The van der Waals surface area contributed by atoms with E-state index in [1.165, 1.54) is 0 Å². The van der Waals surface area contributed by atoms with Gasteiger partial charge in [-0.3, -0.25) is 4.57 Å². The average molecular weight is 434 g/mol. The van der Waals surface area contributed by atoms with Crippen molar-refractivity contribution in [3.63, 3.8) is 0 Å². The summed E-state index contributed by atoms with van der Waals surface area (Å²) in [7, 11) is 3.14. The van der Waals surface area contributed by atoms with E-state index in [1.54, 1.807) is 37.0 Å². The minimum atomic E-state index is -0.512. The quantitative estimate of drug-likeness (QED) is 0.321. The van der Waals surface area contributed by atoms with Crippen LogP contribution in [0.4, 0.5) is 5.82 Å². The highest BCUT2D eigenvalue weighted by molar-refractivity contribution is 6.09. The third-order valence-corrected chi connectivity index (χ3v) is 5.28. The summed E-state index contributed by atoms with van der Waals surface area (Å²) in [6, 6.07) is 12.8. The van der Waals surface area contributed by atoms with Crippen molar-refractivity contribution in [2.45, 2.75) is 26.2 Å². The van der Waals surface area contributed by atoms with Gasteiger partial charge in [-0.2, -0.15) is 0 Å². The Balaban J connectivity index is 1.94. The van der Waals surface area contributed by atoms with Crippen LogP contribution in [0.3, 0.4) is 0 Å². The van der Waals surface area contributed by atoms with Crippen LogP contribution >= 0.6 is 0 Å². The first-order valence-corrected chi connectivity index (χ1v) is 10.5. The molecule has 166 valence electrons. The molecule has 0 aliphatic rings. The van der Waals surface area contributed by atoms with Crippen molar-refractivity contribution in [1.29, 1.82) is 0 Å². The number of carbonyl (C=O) groups is 1. The van der Waals surface area contributed by atoms with Gasteiger partial charge in [0.05, 0.1) is 37.5 Å². The lowest BCUT2D eigenvalue weighted by atomic mass is 10.2. The summed E-state index contributed by atoms with van der Waals surface area (Å²) >= 11 is 0. The zero-order chi connectivity index (χ0) is 22.7. The van der Waals surface area contributed by atoms with Gasteiger partial charge in [0, 0.05) is 18.2 Å². The Bertz CT molecular complexity index is 1260. The first-order chi connectivity index (χ1) is 15.6. The third-order valence-electron chi connectivity index (χ3n) is 5.28. The summed E-state index contributed by atoms with van der Waals surface area (Å²) in [5, 5.41) is 0. The van der Waals surface area contributed by atoms with Crippen molar-refractivity contribution < 1.29 is 19.0 Å². The Kier molecular flexibility index (Phi) is 6.11. The molecular formula is C24H26N4O4. The molecule has 0 unspecified atom stereocenters. The lowest BCUT2D eigenvalue weighted by molar-refractivity contribution is 0.0501. The highest BCUT2D eigenvalue weighted by atomic mass is 16.5. The number of carbonyl (C=O) groups excluding carboxylic acids is 1. The summed E-state index contributed by atoms with van der Waals surface area (Å²) in [6.45, 7) is 2.42. The van der Waals surface area contributed by atoms with Gasteiger partial charge >= 0.3 is 5.97 Å². The highest BCUT2D eigenvalue weighted by Crippen LogP contribution is 2.34. The molecule has 4 rings (SSSR count). The van der Waals surface area contributed by atoms with Crippen LogP contribution in [0.1, 0.15) is 36.5 Å². The number of nitrogen functional groups attached to an aromatic ring is 1. The number of rotatable bonds is 8. The predicted octanol–water partition coefficient (Wildman–Crippen LogP) is 4.52. The molecule has 0 aliphatic carbocycles. The number of esters is 1. The number of unbranched alkanes of at least 4 members (excludes halogenated alkanes) is 2. The fraction of sp³-hybridized carbons (Fsp3) is 0.292. The van der Waals surface area contributed by atoms with E-state index < -0.39 is 5.97 Å². The van der Waals surface area contributed by atoms with Crippen LogP contribution in [0.25, 0.3) is 27.9 Å². The molecule has 0 fully saturated rings. The zero-order valence-electron chi connectivity index (χ0n) is 18.4. The molecule has 8 nitrogen and oxygen atoms in total. The van der Waals surface area contributed by atoms with Crippen LogP contribution in [-0.4, -0.2) is 41.3 Å². The van der Waals surface area contributed by atoms with E-state index in [2.05, 4.69) is 6.92 Å². The third kappa shape index (κ3) is 3.91. The number of nitrogens with two attached hydrogens (primary N) is 1. The van der Waals surface area contributed by atoms with Crippen molar-refractivity contribution in [1.82, 2.24) is 14.5 Å². The fourth-order valence-electron chi connectivity index (χ4n) is 3.63. The van der Waals surface area contributed by atoms with Gasteiger partial charge in [0.1, 0.15) is 28.4 Å². The first kappa shape index (κ1) is 21.4. The topological polar surface area (TPSA) is 101 Å². The van der Waals surface area contributed by atoms with E-state index in [-0.39, 0.29) is 11.4 Å². The molecule has 2 aromatic heterocycles. The molecule has 0 saturated heterocycles. The number of ether oxygens (including phenoxy) is 3. The Morgan fingerprint density at radius 3 is 2.28 bits per heavy atom. The molecule has 0 radical (unpaired) electrons. The number of anilines is 1. The summed E-state index contributed by atoms with van der Waals surface area (Å²) in [5.74, 6) is 0.851. The van der Waals surface area contributed by atoms with Crippen LogP contribution in [0.5, 0.6) is 11.5 Å². The molecule has 32 heavy (non-hydrogen) atoms. The minimum absolute atomic E-state index is 0.200. The fourth-order valence-corrected chi connectivity index (χ4v) is 3.63. The van der Waals surface area contributed by atoms with E-state index in [0.717, 1.165) is 19.3 Å². The second-order valence-electron chi connectivity index (χ2n) is 7.39. The van der Waals surface area contributed by atoms with Gasteiger partial charge in [0.25, 0.3) is 0 Å². The van der Waals surface area contributed by atoms with Crippen LogP contribution in [0.15, 0.2) is 42.5 Å². The van der Waals surface area contributed by atoms with Crippen LogP contribution in [0.2, 0.25) is 0 Å². The number of para-hydroxylation sites is 2. The summed E-state index contributed by atoms with van der Waals surface area (Å²) < 4.78 is 18.0. The van der Waals surface area contributed by atoms with Crippen molar-refractivity contribution in [2.75, 3.05) is 26.6 Å². The molecule has 0 aliphatic heterocycles. The predicted molar refractivity (Wildman–Crippen MR) is 124 cm³/mol. The lowest BCUT2D eigenvalue weighted by Crippen LogP contribution is -2.10. The van der Waals surface area contributed by atoms with Crippen molar-refractivity contribution >= 4 is 34.0 Å². The number of hydrogen-bond donors (Lipinski definition) is 1. The molecule has 0 saturated carbocycles. The van der Waals surface area contributed by atoms with Crippen LogP contribution in [0, 0.1) is 0 Å². The molecule has 0 bridgehead atoms. The minimum Gasteiger partial charge on any atom is -0.497 e. The van der Waals surface area contributed by atoms with Gasteiger partial charge in [-0.15, -0.1) is 0 Å². The molecule has 0 spiro atoms. The van der Waals surface area contributed by atoms with E-state index >= 15 is 0 Å². The first-order valence-electron chi connectivity index (χ1n) is 10.5. The Hall–Kier alpha value is -3.81. The van der Waals surface area contributed by atoms with Crippen LogP contribution in [-0.2, 0) is 4.74 Å². The number of fused-ring (bicyclic) bond motifs is 2. The van der Waals surface area contributed by atoms with E-state index in [4.69, 9.17) is 29.9 Å². The maximum Gasteiger partial charge on any atom is 0.344 e. The molecule has 2 heterocycles. The Morgan fingerprint density at radius 1 is 1.00 bits per heavy atom. The van der Waals surface area contributed by atoms with E-state index in [0.29, 0.717) is 46.0 Å². The standard InChI is InChI=1S/C24H26N4O4/c1-4-5-8-11-32-24(29)20-21-23(27-19-10-7-6-9-18(19)26-21)28(22(20)25)15-12-16(30-2)14-17(13-15)31-3/h6-7,9-10,12-14H,4-5,8,11,25H2,1-3H3. The van der Waals surface area contributed by atoms with Gasteiger partial charge in [-0.1, -0.05) is 31.9 Å². The Morgan fingerprint density at radius 2 is 1.66 bits per heavy atom. The molecule has 4 aromatic rings. The van der Waals surface area contributed by atoms with Crippen molar-refractivity contribution in [2.24, 2.45) is 0 Å². The van der Waals surface area contributed by atoms with Gasteiger partial charge in [0.15, 0.2) is 5.65 Å². The van der Waals surface area contributed by atoms with Crippen molar-refractivity contribution in [3.05, 3.63) is 48.0 Å². The number of hydrogen-bond acceptors (Lipinski definition) is 7. The Labute approximate surface area is 185 Å². The summed E-state index contributed by atoms with van der Waals surface area (Å²) in [4.78, 5) is 22.5. The highest BCUT2D eigenvalue weighted by Gasteiger charge is 2.26. The largest absolute Gasteiger partial charge is 0.497 e. The molecule has 8 heteroatoms. The molecular weight excluding hydrogens is 408 g/mol. The molecule has 0 amide bonds.